The molecule has 3 aromatic heterocycles. The van der Waals surface area contributed by atoms with Gasteiger partial charge in [0.05, 0.1) is 30.6 Å². The second-order valence-electron chi connectivity index (χ2n) is 10.6. The molecule has 2 atom stereocenters. The number of thiocarbonyl (C=S) groups is 1. The summed E-state index contributed by atoms with van der Waals surface area (Å²) in [6.07, 6.45) is 3.62. The number of anilines is 2. The van der Waals surface area contributed by atoms with E-state index in [4.69, 9.17) is 17.0 Å². The van der Waals surface area contributed by atoms with Gasteiger partial charge in [-0.2, -0.15) is 0 Å². The predicted octanol–water partition coefficient (Wildman–Crippen LogP) is 6.12. The molecule has 4 heterocycles. The van der Waals surface area contributed by atoms with Gasteiger partial charge in [0.15, 0.2) is 10.2 Å². The van der Waals surface area contributed by atoms with Crippen molar-refractivity contribution in [3.63, 3.8) is 0 Å². The Bertz CT molecular complexity index is 1510. The number of ether oxygens (including phenoxy) is 1. The minimum absolute atomic E-state index is 0.0883. The van der Waals surface area contributed by atoms with Crippen LogP contribution in [0.5, 0.6) is 5.75 Å². The van der Waals surface area contributed by atoms with Crippen LogP contribution in [0.1, 0.15) is 55.5 Å². The van der Waals surface area contributed by atoms with Crippen molar-refractivity contribution in [1.29, 1.82) is 0 Å². The van der Waals surface area contributed by atoms with Crippen molar-refractivity contribution in [2.75, 3.05) is 17.3 Å². The number of methoxy groups -OCH3 is 1. The zero-order chi connectivity index (χ0) is 27.9. The summed E-state index contributed by atoms with van der Waals surface area (Å²) in [5.74, 6) is 0.468. The molecule has 2 N–H and O–H groups in total. The summed E-state index contributed by atoms with van der Waals surface area (Å²) in [4.78, 5) is 24.0. The minimum atomic E-state index is -0.537. The number of nitrogens with one attached hydrogen (secondary N) is 2. The fraction of sp³-hybridized carbons (Fsp3) is 0.310. The Morgan fingerprint density at radius 3 is 2.56 bits per heavy atom. The van der Waals surface area contributed by atoms with Crippen LogP contribution >= 0.6 is 23.6 Å². The van der Waals surface area contributed by atoms with E-state index in [9.17, 15) is 4.79 Å². The summed E-state index contributed by atoms with van der Waals surface area (Å²) < 4.78 is 7.90. The van der Waals surface area contributed by atoms with Gasteiger partial charge < -0.3 is 20.3 Å². The highest BCUT2D eigenvalue weighted by molar-refractivity contribution is 7.80. The van der Waals surface area contributed by atoms with E-state index in [0.29, 0.717) is 16.5 Å². The third-order valence-electron chi connectivity index (χ3n) is 6.89. The molecule has 4 aromatic rings. The molecule has 1 fully saturated rings. The highest BCUT2D eigenvalue weighted by Crippen LogP contribution is 2.45. The van der Waals surface area contributed by atoms with Gasteiger partial charge in [-0.3, -0.25) is 14.3 Å². The van der Waals surface area contributed by atoms with Gasteiger partial charge in [0.25, 0.3) is 0 Å². The quantitative estimate of drug-likeness (QED) is 0.275. The maximum Gasteiger partial charge on any atom is 0.229 e. The second kappa shape index (κ2) is 10.4. The van der Waals surface area contributed by atoms with Crippen molar-refractivity contribution in [2.45, 2.75) is 46.7 Å². The molecule has 1 saturated heterocycles. The van der Waals surface area contributed by atoms with E-state index in [2.05, 4.69) is 50.0 Å². The summed E-state index contributed by atoms with van der Waals surface area (Å²) in [6.45, 7) is 9.84. The molecule has 0 spiro atoms. The van der Waals surface area contributed by atoms with Crippen LogP contribution in [0, 0.1) is 19.3 Å². The van der Waals surface area contributed by atoms with Crippen LogP contribution in [0.25, 0.3) is 5.13 Å². The van der Waals surface area contributed by atoms with Gasteiger partial charge in [-0.15, -0.1) is 11.3 Å². The van der Waals surface area contributed by atoms with E-state index in [1.54, 1.807) is 24.6 Å². The smallest absolute Gasteiger partial charge is 0.229 e. The molecule has 0 aliphatic carbocycles. The van der Waals surface area contributed by atoms with Crippen molar-refractivity contribution >= 4 is 45.9 Å². The molecule has 1 amide bonds. The fourth-order valence-corrected chi connectivity index (χ4v) is 6.00. The van der Waals surface area contributed by atoms with Gasteiger partial charge in [-0.05, 0) is 62.0 Å². The lowest BCUT2D eigenvalue weighted by Crippen LogP contribution is -2.30. The van der Waals surface area contributed by atoms with Gasteiger partial charge in [0.2, 0.25) is 5.91 Å². The van der Waals surface area contributed by atoms with Crippen LogP contribution in [-0.2, 0) is 4.79 Å². The molecule has 1 aliphatic rings. The normalized spacial score (nSPS) is 17.3. The number of hydrogen-bond acceptors (Lipinski definition) is 6. The number of thiazole rings is 1. The number of rotatable bonds is 6. The molecule has 0 saturated carbocycles. The first-order chi connectivity index (χ1) is 18.6. The fourth-order valence-electron chi connectivity index (χ4n) is 4.90. The van der Waals surface area contributed by atoms with Gasteiger partial charge in [-0.1, -0.05) is 26.8 Å². The first-order valence-corrected chi connectivity index (χ1v) is 14.0. The van der Waals surface area contributed by atoms with Crippen LogP contribution < -0.4 is 20.3 Å². The number of benzene rings is 1. The molecule has 0 radical (unpaired) electrons. The van der Waals surface area contributed by atoms with Gasteiger partial charge in [0, 0.05) is 46.3 Å². The Kier molecular flexibility index (Phi) is 7.17. The molecule has 202 valence electrons. The highest BCUT2D eigenvalue weighted by atomic mass is 32.1. The Labute approximate surface area is 238 Å². The van der Waals surface area contributed by atoms with Crippen molar-refractivity contribution in [3.8, 4) is 10.9 Å². The SMILES string of the molecule is COc1cc(N2C(=S)N[C@@H](c3ccccn3)[C@H]2c2cc(C)n(-c3nccs3)c2C)ccc1NC(=O)C(C)(C)C. The zero-order valence-electron chi connectivity index (χ0n) is 22.9. The number of pyridine rings is 1. The molecule has 5 rings (SSSR count). The number of aromatic nitrogens is 3. The maximum absolute atomic E-state index is 12.7. The standard InChI is InChI=1S/C29H32N6O2S2/c1-17-15-20(18(2)34(17)28-31-13-14-39-28)25-24(22-9-7-8-12-30-22)33-27(38)35(25)19-10-11-21(23(16-19)37-6)32-26(36)29(3,4)5/h7-16,24-25H,1-6H3,(H,32,36)(H,33,38)/t24-,25+/m0/s1. The summed E-state index contributed by atoms with van der Waals surface area (Å²) >= 11 is 7.53. The molecule has 1 aliphatic heterocycles. The topological polar surface area (TPSA) is 84.3 Å². The van der Waals surface area contributed by atoms with Gasteiger partial charge in [0.1, 0.15) is 5.75 Å². The minimum Gasteiger partial charge on any atom is -0.494 e. The predicted molar refractivity (Wildman–Crippen MR) is 160 cm³/mol. The molecule has 39 heavy (non-hydrogen) atoms. The Morgan fingerprint density at radius 1 is 1.13 bits per heavy atom. The Hall–Kier alpha value is -3.76. The van der Waals surface area contributed by atoms with Crippen LogP contribution in [0.4, 0.5) is 11.4 Å². The van der Waals surface area contributed by atoms with E-state index in [0.717, 1.165) is 33.5 Å². The molecular weight excluding hydrogens is 528 g/mol. The number of aryl methyl sites for hydroxylation is 1. The molecule has 8 nitrogen and oxygen atoms in total. The third-order valence-corrected chi connectivity index (χ3v) is 7.96. The number of carbonyl (C=O) groups excluding carboxylic acids is 1. The average molecular weight is 561 g/mol. The lowest BCUT2D eigenvalue weighted by Gasteiger charge is -2.29. The first kappa shape index (κ1) is 26.8. The highest BCUT2D eigenvalue weighted by Gasteiger charge is 2.42. The van der Waals surface area contributed by atoms with Crippen LogP contribution in [0.15, 0.2) is 60.2 Å². The molecule has 10 heteroatoms. The van der Waals surface area contributed by atoms with Gasteiger partial charge in [-0.25, -0.2) is 4.98 Å². The van der Waals surface area contributed by atoms with Crippen molar-refractivity contribution in [1.82, 2.24) is 19.9 Å². The molecule has 0 bridgehead atoms. The Morgan fingerprint density at radius 2 is 1.92 bits per heavy atom. The monoisotopic (exact) mass is 560 g/mol. The number of amides is 1. The summed E-state index contributed by atoms with van der Waals surface area (Å²) in [5.41, 5.74) is 5.12. The second-order valence-corrected chi connectivity index (χ2v) is 11.8. The van der Waals surface area contributed by atoms with E-state index in [1.807, 2.05) is 68.7 Å². The average Bonchev–Trinajstić information content (AvgIpc) is 3.62. The summed E-state index contributed by atoms with van der Waals surface area (Å²) in [5, 5.41) is 10.0. The lowest BCUT2D eigenvalue weighted by atomic mass is 9.95. The largest absolute Gasteiger partial charge is 0.494 e. The van der Waals surface area contributed by atoms with Crippen molar-refractivity contribution in [2.24, 2.45) is 5.41 Å². The third kappa shape index (κ3) is 5.02. The van der Waals surface area contributed by atoms with Crippen LogP contribution in [0.2, 0.25) is 0 Å². The van der Waals surface area contributed by atoms with Gasteiger partial charge >= 0.3 is 0 Å². The van der Waals surface area contributed by atoms with E-state index in [1.165, 1.54) is 0 Å². The number of nitrogens with zero attached hydrogens (tertiary/aromatic N) is 4. The maximum atomic E-state index is 12.7. The summed E-state index contributed by atoms with van der Waals surface area (Å²) in [6, 6.07) is 13.5. The molecular formula is C29H32N6O2S2. The lowest BCUT2D eigenvalue weighted by molar-refractivity contribution is -0.123. The summed E-state index contributed by atoms with van der Waals surface area (Å²) in [7, 11) is 1.60. The van der Waals surface area contributed by atoms with Crippen LogP contribution in [0.3, 0.4) is 0 Å². The van der Waals surface area contributed by atoms with Crippen molar-refractivity contribution in [3.05, 3.63) is 82.9 Å². The number of carbonyl (C=O) groups is 1. The molecule has 0 unspecified atom stereocenters. The van der Waals surface area contributed by atoms with E-state index < -0.39 is 5.41 Å². The zero-order valence-corrected chi connectivity index (χ0v) is 24.5. The molecule has 1 aromatic carbocycles. The first-order valence-electron chi connectivity index (χ1n) is 12.7. The van der Waals surface area contributed by atoms with E-state index in [-0.39, 0.29) is 18.0 Å². The Balaban J connectivity index is 1.62. The number of hydrogen-bond donors (Lipinski definition) is 2. The van der Waals surface area contributed by atoms with Crippen molar-refractivity contribution < 1.29 is 9.53 Å². The van der Waals surface area contributed by atoms with E-state index >= 15 is 0 Å². The van der Waals surface area contributed by atoms with Crippen LogP contribution in [-0.4, -0.2) is 32.7 Å².